The van der Waals surface area contributed by atoms with Crippen LogP contribution in [0.25, 0.3) is 11.3 Å². The number of hydrogen-bond acceptors (Lipinski definition) is 4. The number of amides is 1. The van der Waals surface area contributed by atoms with E-state index in [1.165, 1.54) is 0 Å². The average molecular weight is 346 g/mol. The highest BCUT2D eigenvalue weighted by molar-refractivity contribution is 6.05. The quantitative estimate of drug-likeness (QED) is 0.773. The lowest BCUT2D eigenvalue weighted by Crippen LogP contribution is -2.16. The van der Waals surface area contributed by atoms with Crippen LogP contribution in [0.5, 0.6) is 0 Å². The van der Waals surface area contributed by atoms with Crippen LogP contribution in [-0.4, -0.2) is 30.0 Å². The van der Waals surface area contributed by atoms with Crippen molar-refractivity contribution >= 4 is 17.4 Å². The first kappa shape index (κ1) is 17.6. The fourth-order valence-corrected chi connectivity index (χ4v) is 2.82. The van der Waals surface area contributed by atoms with Crippen LogP contribution in [0, 0.1) is 13.8 Å². The van der Waals surface area contributed by atoms with Gasteiger partial charge in [0.1, 0.15) is 0 Å². The van der Waals surface area contributed by atoms with Gasteiger partial charge in [-0.3, -0.25) is 9.78 Å². The molecular formula is C21H22N4O. The van der Waals surface area contributed by atoms with Gasteiger partial charge in [0.25, 0.3) is 5.91 Å². The van der Waals surface area contributed by atoms with Crippen LogP contribution in [0.3, 0.4) is 0 Å². The lowest BCUT2D eigenvalue weighted by atomic mass is 10.0. The number of aryl methyl sites for hydroxylation is 2. The van der Waals surface area contributed by atoms with E-state index < -0.39 is 0 Å². The minimum absolute atomic E-state index is 0.169. The van der Waals surface area contributed by atoms with E-state index in [1.54, 1.807) is 12.4 Å². The molecule has 0 aliphatic heterocycles. The lowest BCUT2D eigenvalue weighted by molar-refractivity contribution is 0.102. The molecule has 5 nitrogen and oxygen atoms in total. The van der Waals surface area contributed by atoms with Gasteiger partial charge in [-0.1, -0.05) is 30.3 Å². The molecule has 1 aromatic heterocycles. The monoisotopic (exact) mass is 346 g/mol. The van der Waals surface area contributed by atoms with Gasteiger partial charge in [-0.2, -0.15) is 0 Å². The Hall–Kier alpha value is -3.21. The third-order valence-electron chi connectivity index (χ3n) is 4.28. The van der Waals surface area contributed by atoms with Gasteiger partial charge in [0.15, 0.2) is 5.82 Å². The van der Waals surface area contributed by atoms with Gasteiger partial charge in [-0.25, -0.2) is 4.98 Å². The highest BCUT2D eigenvalue weighted by atomic mass is 16.1. The first-order chi connectivity index (χ1) is 12.5. The summed E-state index contributed by atoms with van der Waals surface area (Å²) in [7, 11) is 4.00. The Labute approximate surface area is 153 Å². The van der Waals surface area contributed by atoms with E-state index >= 15 is 0 Å². The fraction of sp³-hybridized carbons (Fsp3) is 0.190. The minimum Gasteiger partial charge on any atom is -0.378 e. The van der Waals surface area contributed by atoms with Crippen LogP contribution in [0.15, 0.2) is 54.9 Å². The predicted octanol–water partition coefficient (Wildman–Crippen LogP) is 4.08. The van der Waals surface area contributed by atoms with E-state index in [1.807, 2.05) is 75.3 Å². The molecule has 1 N–H and O–H groups in total. The van der Waals surface area contributed by atoms with Gasteiger partial charge < -0.3 is 10.2 Å². The second kappa shape index (κ2) is 7.35. The molecule has 1 heterocycles. The fourth-order valence-electron chi connectivity index (χ4n) is 2.82. The van der Waals surface area contributed by atoms with Crippen molar-refractivity contribution in [2.75, 3.05) is 24.3 Å². The number of nitrogens with zero attached hydrogens (tertiary/aromatic N) is 3. The Morgan fingerprint density at radius 2 is 1.58 bits per heavy atom. The smallest absolute Gasteiger partial charge is 0.257 e. The Morgan fingerprint density at radius 1 is 0.923 bits per heavy atom. The van der Waals surface area contributed by atoms with E-state index in [4.69, 9.17) is 0 Å². The van der Waals surface area contributed by atoms with Crippen molar-refractivity contribution in [1.29, 1.82) is 0 Å². The SMILES string of the molecule is Cc1cccc(C)c1C(=O)Nc1cnc(-c2ccc(N(C)C)cc2)cn1. The number of hydrogen-bond donors (Lipinski definition) is 1. The van der Waals surface area contributed by atoms with Crippen molar-refractivity contribution in [2.24, 2.45) is 0 Å². The first-order valence-corrected chi connectivity index (χ1v) is 8.43. The predicted molar refractivity (Wildman–Crippen MR) is 106 cm³/mol. The first-order valence-electron chi connectivity index (χ1n) is 8.43. The number of carbonyl (C=O) groups excluding carboxylic acids is 1. The van der Waals surface area contributed by atoms with Gasteiger partial charge in [0.2, 0.25) is 0 Å². The van der Waals surface area contributed by atoms with Crippen molar-refractivity contribution in [3.05, 3.63) is 71.5 Å². The highest BCUT2D eigenvalue weighted by Crippen LogP contribution is 2.21. The summed E-state index contributed by atoms with van der Waals surface area (Å²) in [6, 6.07) is 13.9. The van der Waals surface area contributed by atoms with Crippen LogP contribution < -0.4 is 10.2 Å². The molecule has 0 aliphatic carbocycles. The van der Waals surface area contributed by atoms with Gasteiger partial charge in [-0.05, 0) is 37.1 Å². The lowest BCUT2D eigenvalue weighted by Gasteiger charge is -2.12. The summed E-state index contributed by atoms with van der Waals surface area (Å²) in [4.78, 5) is 23.3. The second-order valence-electron chi connectivity index (χ2n) is 6.45. The number of anilines is 2. The van der Waals surface area contributed by atoms with Crippen molar-refractivity contribution in [2.45, 2.75) is 13.8 Å². The average Bonchev–Trinajstić information content (AvgIpc) is 2.62. The van der Waals surface area contributed by atoms with Crippen LogP contribution in [0.1, 0.15) is 21.5 Å². The number of nitrogens with one attached hydrogen (secondary N) is 1. The maximum absolute atomic E-state index is 12.5. The molecule has 0 fully saturated rings. The van der Waals surface area contributed by atoms with Crippen molar-refractivity contribution < 1.29 is 4.79 Å². The van der Waals surface area contributed by atoms with Crippen molar-refractivity contribution in [3.63, 3.8) is 0 Å². The second-order valence-corrected chi connectivity index (χ2v) is 6.45. The zero-order chi connectivity index (χ0) is 18.7. The van der Waals surface area contributed by atoms with Crippen LogP contribution in [0.2, 0.25) is 0 Å². The molecule has 0 spiro atoms. The zero-order valence-electron chi connectivity index (χ0n) is 15.4. The van der Waals surface area contributed by atoms with Gasteiger partial charge in [-0.15, -0.1) is 0 Å². The zero-order valence-corrected chi connectivity index (χ0v) is 15.4. The molecule has 0 radical (unpaired) electrons. The Kier molecular flexibility index (Phi) is 4.98. The molecule has 3 rings (SSSR count). The maximum atomic E-state index is 12.5. The third-order valence-corrected chi connectivity index (χ3v) is 4.28. The summed E-state index contributed by atoms with van der Waals surface area (Å²) in [6.07, 6.45) is 3.26. The van der Waals surface area contributed by atoms with Crippen LogP contribution in [-0.2, 0) is 0 Å². The van der Waals surface area contributed by atoms with Crippen molar-refractivity contribution in [3.8, 4) is 11.3 Å². The summed E-state index contributed by atoms with van der Waals surface area (Å²) in [5.74, 6) is 0.268. The minimum atomic E-state index is -0.169. The number of benzene rings is 2. The molecular weight excluding hydrogens is 324 g/mol. The topological polar surface area (TPSA) is 58.1 Å². The Balaban J connectivity index is 1.76. The summed E-state index contributed by atoms with van der Waals surface area (Å²) in [5, 5.41) is 2.82. The molecule has 2 aromatic carbocycles. The van der Waals surface area contributed by atoms with E-state index in [2.05, 4.69) is 15.3 Å². The van der Waals surface area contributed by atoms with E-state index in [-0.39, 0.29) is 5.91 Å². The van der Waals surface area contributed by atoms with Crippen molar-refractivity contribution in [1.82, 2.24) is 9.97 Å². The molecule has 0 bridgehead atoms. The normalized spacial score (nSPS) is 10.5. The Morgan fingerprint density at radius 3 is 2.12 bits per heavy atom. The molecule has 3 aromatic rings. The van der Waals surface area contributed by atoms with Crippen LogP contribution >= 0.6 is 0 Å². The molecule has 5 heteroatoms. The van der Waals surface area contributed by atoms with Gasteiger partial charge >= 0.3 is 0 Å². The molecule has 0 unspecified atom stereocenters. The summed E-state index contributed by atoms with van der Waals surface area (Å²) in [6.45, 7) is 3.85. The van der Waals surface area contributed by atoms with Gasteiger partial charge in [0, 0.05) is 30.9 Å². The number of carbonyl (C=O) groups is 1. The summed E-state index contributed by atoms with van der Waals surface area (Å²) >= 11 is 0. The summed E-state index contributed by atoms with van der Waals surface area (Å²) in [5.41, 5.74) is 5.43. The van der Waals surface area contributed by atoms with Crippen LogP contribution in [0.4, 0.5) is 11.5 Å². The number of aromatic nitrogens is 2. The number of rotatable bonds is 4. The molecule has 0 aliphatic rings. The summed E-state index contributed by atoms with van der Waals surface area (Å²) < 4.78 is 0. The maximum Gasteiger partial charge on any atom is 0.257 e. The molecule has 0 saturated carbocycles. The third kappa shape index (κ3) is 3.72. The molecule has 26 heavy (non-hydrogen) atoms. The largest absolute Gasteiger partial charge is 0.378 e. The molecule has 132 valence electrons. The Bertz CT molecular complexity index is 895. The van der Waals surface area contributed by atoms with Gasteiger partial charge in [0.05, 0.1) is 18.1 Å². The standard InChI is InChI=1S/C21H22N4O/c1-14-6-5-7-15(2)20(14)21(26)24-19-13-22-18(12-23-19)16-8-10-17(11-9-16)25(3)4/h5-13H,1-4H3,(H,23,24,26). The van der Waals surface area contributed by atoms with E-state index in [9.17, 15) is 4.79 Å². The van der Waals surface area contributed by atoms with E-state index in [0.717, 1.165) is 28.1 Å². The molecule has 0 saturated heterocycles. The van der Waals surface area contributed by atoms with E-state index in [0.29, 0.717) is 11.4 Å². The highest BCUT2D eigenvalue weighted by Gasteiger charge is 2.13. The molecule has 0 atom stereocenters. The molecule has 1 amide bonds.